The van der Waals surface area contributed by atoms with Crippen molar-refractivity contribution in [2.75, 3.05) is 13.2 Å². The van der Waals surface area contributed by atoms with E-state index < -0.39 is 41.7 Å². The lowest BCUT2D eigenvalue weighted by Gasteiger charge is -2.44. The molecule has 1 aromatic carbocycles. The lowest BCUT2D eigenvalue weighted by molar-refractivity contribution is -0.226. The molecule has 0 saturated carbocycles. The molecule has 8 nitrogen and oxygen atoms in total. The van der Waals surface area contributed by atoms with Gasteiger partial charge in [0, 0.05) is 23.9 Å². The van der Waals surface area contributed by atoms with Crippen molar-refractivity contribution >= 4 is 17.7 Å². The third-order valence-corrected chi connectivity index (χ3v) is 6.12. The molecule has 0 aromatic heterocycles. The highest BCUT2D eigenvalue weighted by Crippen LogP contribution is 2.40. The van der Waals surface area contributed by atoms with Gasteiger partial charge in [0.05, 0.1) is 19.3 Å². The number of hydrogen-bond donors (Lipinski definition) is 3. The summed E-state index contributed by atoms with van der Waals surface area (Å²) >= 11 is 0. The van der Waals surface area contributed by atoms with Gasteiger partial charge in [-0.2, -0.15) is 13.2 Å². The third-order valence-electron chi connectivity index (χ3n) is 6.12. The van der Waals surface area contributed by atoms with Crippen molar-refractivity contribution in [1.82, 2.24) is 15.5 Å². The molecule has 11 heteroatoms. The van der Waals surface area contributed by atoms with Gasteiger partial charge < -0.3 is 15.2 Å². The van der Waals surface area contributed by atoms with E-state index >= 15 is 0 Å². The van der Waals surface area contributed by atoms with Crippen LogP contribution in [-0.2, 0) is 20.9 Å². The summed E-state index contributed by atoms with van der Waals surface area (Å²) in [5.41, 5.74) is -0.211. The molecule has 31 heavy (non-hydrogen) atoms. The monoisotopic (exact) mass is 441 g/mol. The van der Waals surface area contributed by atoms with Crippen molar-refractivity contribution in [3.8, 4) is 0 Å². The molecular weight excluding hydrogens is 419 g/mol. The van der Waals surface area contributed by atoms with Crippen LogP contribution < -0.4 is 10.6 Å². The van der Waals surface area contributed by atoms with Crippen molar-refractivity contribution in [3.05, 3.63) is 34.9 Å². The number of aliphatic hydroxyl groups is 1. The van der Waals surface area contributed by atoms with Gasteiger partial charge >= 0.3 is 6.18 Å². The first-order chi connectivity index (χ1) is 14.5. The van der Waals surface area contributed by atoms with E-state index in [0.29, 0.717) is 11.1 Å². The highest BCUT2D eigenvalue weighted by molar-refractivity contribution is 6.00. The molecule has 3 aliphatic heterocycles. The summed E-state index contributed by atoms with van der Waals surface area (Å²) < 4.78 is 45.5. The lowest BCUT2D eigenvalue weighted by Crippen LogP contribution is -2.62. The Hall–Kier alpha value is -2.50. The van der Waals surface area contributed by atoms with E-state index in [1.54, 1.807) is 0 Å². The summed E-state index contributed by atoms with van der Waals surface area (Å²) in [7, 11) is 0. The fraction of sp³-hybridized carbons (Fsp3) is 0.550. The van der Waals surface area contributed by atoms with Crippen LogP contribution in [0.25, 0.3) is 0 Å². The fourth-order valence-electron chi connectivity index (χ4n) is 4.33. The number of aliphatic hydroxyl groups excluding tert-OH is 1. The Kier molecular flexibility index (Phi) is 5.31. The summed E-state index contributed by atoms with van der Waals surface area (Å²) in [5.74, 6) is -1.77. The maximum absolute atomic E-state index is 13.5. The SMILES string of the molecule is CC1(C(NC(=O)c2ccc3c(c2)CN(C2CCC(=O)NC2=O)C3O)C(F)(F)F)COC1. The van der Waals surface area contributed by atoms with Crippen LogP contribution in [0.1, 0.15) is 47.5 Å². The van der Waals surface area contributed by atoms with Gasteiger partial charge in [0.25, 0.3) is 5.91 Å². The van der Waals surface area contributed by atoms with E-state index in [1.165, 1.54) is 30.0 Å². The smallest absolute Gasteiger partial charge is 0.380 e. The van der Waals surface area contributed by atoms with Gasteiger partial charge in [0.2, 0.25) is 11.8 Å². The zero-order valence-electron chi connectivity index (χ0n) is 16.7. The van der Waals surface area contributed by atoms with E-state index in [-0.39, 0.29) is 44.1 Å². The van der Waals surface area contributed by atoms with Crippen molar-refractivity contribution in [2.45, 2.75) is 50.8 Å². The first-order valence-corrected chi connectivity index (χ1v) is 9.85. The molecule has 4 rings (SSSR count). The molecule has 0 bridgehead atoms. The maximum atomic E-state index is 13.5. The zero-order valence-corrected chi connectivity index (χ0v) is 16.7. The number of carbonyl (C=O) groups excluding carboxylic acids is 3. The van der Waals surface area contributed by atoms with Gasteiger partial charge in [-0.3, -0.25) is 24.6 Å². The second kappa shape index (κ2) is 7.57. The topological polar surface area (TPSA) is 108 Å². The lowest BCUT2D eigenvalue weighted by atomic mass is 9.79. The molecule has 168 valence electrons. The Morgan fingerprint density at radius 3 is 2.65 bits per heavy atom. The molecule has 3 aliphatic rings. The first kappa shape index (κ1) is 21.7. The zero-order chi connectivity index (χ0) is 22.6. The number of halogens is 3. The van der Waals surface area contributed by atoms with Gasteiger partial charge in [-0.1, -0.05) is 13.0 Å². The van der Waals surface area contributed by atoms with E-state index in [9.17, 15) is 32.7 Å². The van der Waals surface area contributed by atoms with Crippen molar-refractivity contribution in [2.24, 2.45) is 5.41 Å². The molecule has 3 unspecified atom stereocenters. The van der Waals surface area contributed by atoms with Crippen LogP contribution in [-0.4, -0.2) is 59.2 Å². The summed E-state index contributed by atoms with van der Waals surface area (Å²) in [4.78, 5) is 37.6. The number of amides is 3. The largest absolute Gasteiger partial charge is 0.409 e. The van der Waals surface area contributed by atoms with Gasteiger partial charge in [0.1, 0.15) is 12.3 Å². The van der Waals surface area contributed by atoms with Crippen LogP contribution in [0.5, 0.6) is 0 Å². The van der Waals surface area contributed by atoms with Gasteiger partial charge in [0.15, 0.2) is 0 Å². The van der Waals surface area contributed by atoms with Crippen molar-refractivity contribution in [1.29, 1.82) is 0 Å². The normalized spacial score (nSPS) is 26.6. The number of benzene rings is 1. The number of carbonyl (C=O) groups is 3. The van der Waals surface area contributed by atoms with Gasteiger partial charge in [-0.25, -0.2) is 0 Å². The van der Waals surface area contributed by atoms with Crippen molar-refractivity contribution in [3.63, 3.8) is 0 Å². The minimum Gasteiger partial charge on any atom is -0.380 e. The number of hydrogen-bond acceptors (Lipinski definition) is 6. The fourth-order valence-corrected chi connectivity index (χ4v) is 4.33. The molecule has 3 atom stereocenters. The molecular formula is C20H22F3N3O5. The molecule has 3 N–H and O–H groups in total. The van der Waals surface area contributed by atoms with Crippen LogP contribution in [0.2, 0.25) is 0 Å². The van der Waals surface area contributed by atoms with Crippen LogP contribution in [0.4, 0.5) is 13.2 Å². The Morgan fingerprint density at radius 2 is 2.06 bits per heavy atom. The highest BCUT2D eigenvalue weighted by atomic mass is 19.4. The highest BCUT2D eigenvalue weighted by Gasteiger charge is 2.55. The molecule has 3 amide bonds. The molecule has 2 saturated heterocycles. The standard InChI is InChI=1S/C20H22F3N3O5/c1-19(8-31-9-19)18(20(21,22)23)25-15(28)10-2-3-12-11(6-10)7-26(17(12)30)13-4-5-14(27)24-16(13)29/h2-3,6,13,17-18,30H,4-5,7-9H2,1H3,(H,25,28)(H,24,27,29). The predicted molar refractivity (Wildman–Crippen MR) is 99.4 cm³/mol. The van der Waals surface area contributed by atoms with E-state index in [0.717, 1.165) is 0 Å². The number of fused-ring (bicyclic) bond motifs is 1. The molecule has 3 heterocycles. The molecule has 2 fully saturated rings. The maximum Gasteiger partial charge on any atom is 0.409 e. The number of nitrogens with zero attached hydrogens (tertiary/aromatic N) is 1. The summed E-state index contributed by atoms with van der Waals surface area (Å²) in [6.45, 7) is 1.33. The number of nitrogens with one attached hydrogen (secondary N) is 2. The van der Waals surface area contributed by atoms with Crippen LogP contribution in [0, 0.1) is 5.41 Å². The number of alkyl halides is 3. The Labute approximate surface area is 175 Å². The second-order valence-electron chi connectivity index (χ2n) is 8.52. The van der Waals surface area contributed by atoms with Crippen LogP contribution in [0.15, 0.2) is 18.2 Å². The van der Waals surface area contributed by atoms with Gasteiger partial charge in [-0.15, -0.1) is 0 Å². The van der Waals surface area contributed by atoms with Crippen LogP contribution in [0.3, 0.4) is 0 Å². The molecule has 0 aliphatic carbocycles. The summed E-state index contributed by atoms with van der Waals surface area (Å²) in [5, 5.41) is 14.9. The van der Waals surface area contributed by atoms with E-state index in [4.69, 9.17) is 4.74 Å². The minimum absolute atomic E-state index is 0.0224. The summed E-state index contributed by atoms with van der Waals surface area (Å²) in [6, 6.07) is 1.47. The third kappa shape index (κ3) is 3.92. The number of imide groups is 1. The van der Waals surface area contributed by atoms with Gasteiger partial charge in [-0.05, 0) is 29.7 Å². The van der Waals surface area contributed by atoms with Crippen LogP contribution >= 0.6 is 0 Å². The number of ether oxygens (including phenoxy) is 1. The summed E-state index contributed by atoms with van der Waals surface area (Å²) in [6.07, 6.45) is -5.36. The Balaban J connectivity index is 1.51. The average molecular weight is 441 g/mol. The Bertz CT molecular complexity index is 931. The minimum atomic E-state index is -4.64. The Morgan fingerprint density at radius 1 is 1.35 bits per heavy atom. The number of rotatable bonds is 4. The molecule has 1 aromatic rings. The first-order valence-electron chi connectivity index (χ1n) is 9.85. The molecule has 0 spiro atoms. The van der Waals surface area contributed by atoms with Crippen molar-refractivity contribution < 1.29 is 37.4 Å². The number of piperidine rings is 1. The average Bonchev–Trinajstić information content (AvgIpc) is 2.99. The second-order valence-corrected chi connectivity index (χ2v) is 8.52. The molecule has 0 radical (unpaired) electrons. The van der Waals surface area contributed by atoms with E-state index in [1.807, 2.05) is 0 Å². The quantitative estimate of drug-likeness (QED) is 0.602. The predicted octanol–water partition coefficient (Wildman–Crippen LogP) is 0.995. The van der Waals surface area contributed by atoms with E-state index in [2.05, 4.69) is 10.6 Å².